The number of carbonyl (C=O) groups is 1. The molecule has 0 aliphatic rings. The summed E-state index contributed by atoms with van der Waals surface area (Å²) in [5.74, 6) is -0.454. The van der Waals surface area contributed by atoms with Crippen LogP contribution in [0.1, 0.15) is 35.3 Å². The van der Waals surface area contributed by atoms with Gasteiger partial charge in [-0.05, 0) is 43.2 Å². The number of rotatable bonds is 9. The van der Waals surface area contributed by atoms with Crippen LogP contribution in [0.2, 0.25) is 0 Å². The first-order valence-corrected chi connectivity index (χ1v) is 8.49. The van der Waals surface area contributed by atoms with Gasteiger partial charge in [0.2, 0.25) is 0 Å². The Balaban J connectivity index is 1.97. The highest BCUT2D eigenvalue weighted by atomic mass is 19.3. The number of halogens is 2. The highest BCUT2D eigenvalue weighted by Crippen LogP contribution is 2.29. The second-order valence-corrected chi connectivity index (χ2v) is 6.10. The van der Waals surface area contributed by atoms with Crippen molar-refractivity contribution < 1.29 is 27.8 Å². The van der Waals surface area contributed by atoms with Crippen molar-refractivity contribution in [2.45, 2.75) is 39.7 Å². The van der Waals surface area contributed by atoms with Crippen LogP contribution in [0.3, 0.4) is 0 Å². The molecular formula is C20H23F2NO4. The van der Waals surface area contributed by atoms with Crippen LogP contribution in [0.5, 0.6) is 11.5 Å². The molecule has 0 aromatic heterocycles. The number of hydrogen-bond donors (Lipinski definition) is 1. The van der Waals surface area contributed by atoms with E-state index < -0.39 is 12.5 Å². The van der Waals surface area contributed by atoms with Crippen molar-refractivity contribution >= 4 is 5.91 Å². The molecule has 0 heterocycles. The van der Waals surface area contributed by atoms with E-state index in [1.807, 2.05) is 38.1 Å². The Morgan fingerprint density at radius 1 is 1.04 bits per heavy atom. The van der Waals surface area contributed by atoms with E-state index in [0.29, 0.717) is 13.2 Å². The predicted octanol–water partition coefficient (Wildman–Crippen LogP) is 4.15. The molecule has 0 atom stereocenters. The monoisotopic (exact) mass is 379 g/mol. The van der Waals surface area contributed by atoms with Crippen molar-refractivity contribution in [2.24, 2.45) is 0 Å². The lowest BCUT2D eigenvalue weighted by molar-refractivity contribution is -0.0512. The molecule has 5 nitrogen and oxygen atoms in total. The summed E-state index contributed by atoms with van der Waals surface area (Å²) < 4.78 is 39.9. The lowest BCUT2D eigenvalue weighted by Gasteiger charge is -2.12. The van der Waals surface area contributed by atoms with E-state index in [2.05, 4.69) is 10.1 Å². The summed E-state index contributed by atoms with van der Waals surface area (Å²) in [4.78, 5) is 12.3. The van der Waals surface area contributed by atoms with Crippen LogP contribution in [0.25, 0.3) is 0 Å². The summed E-state index contributed by atoms with van der Waals surface area (Å²) >= 11 is 0. The first-order chi connectivity index (χ1) is 12.9. The Labute approximate surface area is 157 Å². The number of nitrogens with one attached hydrogen (secondary N) is 1. The Hall–Kier alpha value is -2.67. The van der Waals surface area contributed by atoms with Gasteiger partial charge in [0.1, 0.15) is 0 Å². The molecular weight excluding hydrogens is 356 g/mol. The molecule has 0 fully saturated rings. The fourth-order valence-corrected chi connectivity index (χ4v) is 2.31. The summed E-state index contributed by atoms with van der Waals surface area (Å²) in [5, 5.41) is 2.75. The number of methoxy groups -OCH3 is 1. The van der Waals surface area contributed by atoms with Crippen molar-refractivity contribution in [3.05, 3.63) is 59.2 Å². The van der Waals surface area contributed by atoms with Crippen LogP contribution in [-0.4, -0.2) is 25.7 Å². The van der Waals surface area contributed by atoms with Gasteiger partial charge in [-0.25, -0.2) is 0 Å². The molecule has 146 valence electrons. The molecule has 1 amide bonds. The van der Waals surface area contributed by atoms with Crippen LogP contribution < -0.4 is 14.8 Å². The number of amides is 1. The molecule has 0 spiro atoms. The molecule has 0 aliphatic heterocycles. The predicted molar refractivity (Wildman–Crippen MR) is 97.2 cm³/mol. The number of carbonyl (C=O) groups excluding carboxylic acids is 1. The number of benzene rings is 2. The van der Waals surface area contributed by atoms with Crippen molar-refractivity contribution in [1.82, 2.24) is 5.32 Å². The maximum Gasteiger partial charge on any atom is 0.387 e. The zero-order valence-corrected chi connectivity index (χ0v) is 15.5. The Morgan fingerprint density at radius 2 is 1.70 bits per heavy atom. The summed E-state index contributed by atoms with van der Waals surface area (Å²) in [6.07, 6.45) is 0.160. The first-order valence-electron chi connectivity index (χ1n) is 8.49. The van der Waals surface area contributed by atoms with Crippen molar-refractivity contribution in [2.75, 3.05) is 7.11 Å². The van der Waals surface area contributed by atoms with Gasteiger partial charge >= 0.3 is 6.61 Å². The summed E-state index contributed by atoms with van der Waals surface area (Å²) in [5.41, 5.74) is 2.16. The van der Waals surface area contributed by atoms with E-state index >= 15 is 0 Å². The van der Waals surface area contributed by atoms with E-state index in [9.17, 15) is 13.6 Å². The molecule has 7 heteroatoms. The number of alkyl halides is 2. The molecule has 0 unspecified atom stereocenters. The van der Waals surface area contributed by atoms with E-state index in [1.165, 1.54) is 25.3 Å². The zero-order chi connectivity index (χ0) is 19.8. The molecule has 0 aliphatic carbocycles. The summed E-state index contributed by atoms with van der Waals surface area (Å²) in [7, 11) is 1.34. The van der Waals surface area contributed by atoms with Gasteiger partial charge in [0.05, 0.1) is 19.8 Å². The highest BCUT2D eigenvalue weighted by molar-refractivity contribution is 5.94. The smallest absolute Gasteiger partial charge is 0.387 e. The molecule has 2 aromatic rings. The molecule has 0 radical (unpaired) electrons. The second-order valence-electron chi connectivity index (χ2n) is 6.10. The normalized spacial score (nSPS) is 10.9. The zero-order valence-electron chi connectivity index (χ0n) is 15.5. The summed E-state index contributed by atoms with van der Waals surface area (Å²) in [6, 6.07) is 11.8. The Bertz CT molecular complexity index is 748. The van der Waals surface area contributed by atoms with Gasteiger partial charge < -0.3 is 19.5 Å². The Kier molecular flexibility index (Phi) is 7.55. The lowest BCUT2D eigenvalue weighted by atomic mass is 10.1. The minimum atomic E-state index is -3.00. The van der Waals surface area contributed by atoms with E-state index in [1.54, 1.807) is 0 Å². The SMILES string of the molecule is COc1ccc(C(=O)NCc2ccc(COC(C)C)cc2)cc1OC(F)F. The topological polar surface area (TPSA) is 56.8 Å². The minimum Gasteiger partial charge on any atom is -0.493 e. The second kappa shape index (κ2) is 9.87. The van der Waals surface area contributed by atoms with Gasteiger partial charge in [0.25, 0.3) is 5.91 Å². The van der Waals surface area contributed by atoms with E-state index in [-0.39, 0.29) is 23.2 Å². The molecule has 0 bridgehead atoms. The van der Waals surface area contributed by atoms with Crippen LogP contribution in [0, 0.1) is 0 Å². The third kappa shape index (κ3) is 6.53. The number of hydrogen-bond acceptors (Lipinski definition) is 4. The lowest BCUT2D eigenvalue weighted by Crippen LogP contribution is -2.23. The quantitative estimate of drug-likeness (QED) is 0.711. The van der Waals surface area contributed by atoms with Gasteiger partial charge in [0.15, 0.2) is 11.5 Å². The van der Waals surface area contributed by atoms with Crippen molar-refractivity contribution in [3.8, 4) is 11.5 Å². The van der Waals surface area contributed by atoms with Crippen molar-refractivity contribution in [1.29, 1.82) is 0 Å². The first kappa shape index (κ1) is 20.6. The van der Waals surface area contributed by atoms with Crippen molar-refractivity contribution in [3.63, 3.8) is 0 Å². The van der Waals surface area contributed by atoms with Crippen LogP contribution in [0.15, 0.2) is 42.5 Å². The maximum absolute atomic E-state index is 12.5. The average molecular weight is 379 g/mol. The number of ether oxygens (including phenoxy) is 3. The molecule has 1 N–H and O–H groups in total. The third-order valence-corrected chi connectivity index (χ3v) is 3.70. The van der Waals surface area contributed by atoms with Gasteiger partial charge in [-0.1, -0.05) is 24.3 Å². The molecule has 2 rings (SSSR count). The molecule has 0 saturated carbocycles. The largest absolute Gasteiger partial charge is 0.493 e. The average Bonchev–Trinajstić information content (AvgIpc) is 2.64. The van der Waals surface area contributed by atoms with Gasteiger partial charge in [-0.3, -0.25) is 4.79 Å². The minimum absolute atomic E-state index is 0.131. The van der Waals surface area contributed by atoms with Crippen LogP contribution in [0.4, 0.5) is 8.78 Å². The standard InChI is InChI=1S/C20H23F2NO4/c1-13(2)26-12-15-6-4-14(5-7-15)11-23-19(24)16-8-9-17(25-3)18(10-16)27-20(21)22/h4-10,13,20H,11-12H2,1-3H3,(H,23,24). The van der Waals surface area contributed by atoms with Crippen LogP contribution >= 0.6 is 0 Å². The van der Waals surface area contributed by atoms with Gasteiger partial charge in [-0.15, -0.1) is 0 Å². The highest BCUT2D eigenvalue weighted by Gasteiger charge is 2.14. The van der Waals surface area contributed by atoms with Gasteiger partial charge in [0, 0.05) is 12.1 Å². The third-order valence-electron chi connectivity index (χ3n) is 3.70. The molecule has 27 heavy (non-hydrogen) atoms. The van der Waals surface area contributed by atoms with E-state index in [4.69, 9.17) is 9.47 Å². The maximum atomic E-state index is 12.5. The molecule has 0 saturated heterocycles. The van der Waals surface area contributed by atoms with Crippen LogP contribution in [-0.2, 0) is 17.9 Å². The fraction of sp³-hybridized carbons (Fsp3) is 0.350. The van der Waals surface area contributed by atoms with E-state index in [0.717, 1.165) is 11.1 Å². The molecule has 2 aromatic carbocycles. The Morgan fingerprint density at radius 3 is 2.30 bits per heavy atom. The van der Waals surface area contributed by atoms with Gasteiger partial charge in [-0.2, -0.15) is 8.78 Å². The summed E-state index contributed by atoms with van der Waals surface area (Å²) in [6.45, 7) is 1.78. The fourth-order valence-electron chi connectivity index (χ4n) is 2.31.